The Labute approximate surface area is 174 Å². The maximum absolute atomic E-state index is 14.1. The predicted octanol–water partition coefficient (Wildman–Crippen LogP) is 3.70. The fraction of sp³-hybridized carbons (Fsp3) is 0.238. The van der Waals surface area contributed by atoms with Crippen molar-refractivity contribution in [3.05, 3.63) is 71.8 Å². The van der Waals surface area contributed by atoms with Crippen molar-refractivity contribution in [2.75, 3.05) is 31.1 Å². The number of aromatic hydroxyl groups is 1. The summed E-state index contributed by atoms with van der Waals surface area (Å²) < 4.78 is 56.0. The maximum Gasteiger partial charge on any atom is 0.434 e. The van der Waals surface area contributed by atoms with Gasteiger partial charge in [-0.25, -0.2) is 9.07 Å². The summed E-state index contributed by atoms with van der Waals surface area (Å²) in [5.41, 5.74) is -1.74. The Morgan fingerprint density at radius 1 is 0.935 bits per heavy atom. The van der Waals surface area contributed by atoms with Gasteiger partial charge in [0.1, 0.15) is 17.3 Å². The number of anilines is 1. The predicted molar refractivity (Wildman–Crippen MR) is 105 cm³/mol. The van der Waals surface area contributed by atoms with E-state index in [1.54, 1.807) is 24.3 Å². The average Bonchev–Trinajstić information content (AvgIpc) is 3.20. The second-order valence-electron chi connectivity index (χ2n) is 7.04. The van der Waals surface area contributed by atoms with E-state index >= 15 is 0 Å². The molecule has 0 unspecified atom stereocenters. The van der Waals surface area contributed by atoms with Gasteiger partial charge in [0.2, 0.25) is 0 Å². The largest absolute Gasteiger partial charge is 0.506 e. The lowest BCUT2D eigenvalue weighted by Gasteiger charge is -2.36. The van der Waals surface area contributed by atoms with Gasteiger partial charge in [-0.15, -0.1) is 0 Å². The van der Waals surface area contributed by atoms with E-state index in [-0.39, 0.29) is 18.8 Å². The molecule has 2 aromatic carbocycles. The zero-order chi connectivity index (χ0) is 22.2. The first-order valence-corrected chi connectivity index (χ1v) is 9.49. The number of hydrogen-bond acceptors (Lipinski definition) is 4. The van der Waals surface area contributed by atoms with Gasteiger partial charge in [0, 0.05) is 26.2 Å². The summed E-state index contributed by atoms with van der Waals surface area (Å²) >= 11 is 0. The standard InChI is InChI=1S/C21H18F4N4O2/c22-15-5-1-2-6-16(15)29-19(21(23,24)25)14(13-26-29)20(31)28-11-9-27(10-12-28)17-7-3-4-8-18(17)30/h1-8,13,30H,9-12H2. The Balaban J connectivity index is 1.60. The van der Waals surface area contributed by atoms with E-state index < -0.39 is 34.8 Å². The summed E-state index contributed by atoms with van der Waals surface area (Å²) in [6.45, 7) is 1.00. The SMILES string of the molecule is O=C(c1cnn(-c2ccccc2F)c1C(F)(F)F)N1CCN(c2ccccc2O)CC1. The van der Waals surface area contributed by atoms with Crippen LogP contribution in [0.25, 0.3) is 5.69 Å². The van der Waals surface area contributed by atoms with Crippen LogP contribution in [0.4, 0.5) is 23.2 Å². The smallest absolute Gasteiger partial charge is 0.434 e. The molecular formula is C21H18F4N4O2. The highest BCUT2D eigenvalue weighted by Crippen LogP contribution is 2.35. The number of halogens is 4. The Morgan fingerprint density at radius 2 is 1.55 bits per heavy atom. The molecule has 1 saturated heterocycles. The molecule has 0 aliphatic carbocycles. The van der Waals surface area contributed by atoms with Gasteiger partial charge in [-0.2, -0.15) is 18.3 Å². The number of aromatic nitrogens is 2. The number of para-hydroxylation sites is 3. The second kappa shape index (κ2) is 7.93. The van der Waals surface area contributed by atoms with E-state index in [1.807, 2.05) is 4.90 Å². The number of carbonyl (C=O) groups excluding carboxylic acids is 1. The molecule has 0 saturated carbocycles. The summed E-state index contributed by atoms with van der Waals surface area (Å²) in [5, 5.41) is 13.7. The molecule has 1 aliphatic heterocycles. The number of piperazine rings is 1. The number of benzene rings is 2. The van der Waals surface area contributed by atoms with Crippen LogP contribution in [0.3, 0.4) is 0 Å². The van der Waals surface area contributed by atoms with Crippen LogP contribution >= 0.6 is 0 Å². The highest BCUT2D eigenvalue weighted by molar-refractivity contribution is 5.95. The first kappa shape index (κ1) is 20.7. The third kappa shape index (κ3) is 3.92. The first-order chi connectivity index (χ1) is 14.8. The molecule has 1 amide bonds. The van der Waals surface area contributed by atoms with Gasteiger partial charge in [-0.3, -0.25) is 4.79 Å². The van der Waals surface area contributed by atoms with E-state index in [4.69, 9.17) is 0 Å². The van der Waals surface area contributed by atoms with Gasteiger partial charge >= 0.3 is 6.18 Å². The Bertz CT molecular complexity index is 1100. The normalized spacial score (nSPS) is 14.7. The van der Waals surface area contributed by atoms with E-state index in [2.05, 4.69) is 5.10 Å². The summed E-state index contributed by atoms with van der Waals surface area (Å²) in [5.74, 6) is -1.62. The van der Waals surface area contributed by atoms with Crippen molar-refractivity contribution in [1.29, 1.82) is 0 Å². The van der Waals surface area contributed by atoms with E-state index in [0.717, 1.165) is 18.3 Å². The highest BCUT2D eigenvalue weighted by Gasteiger charge is 2.42. The van der Waals surface area contributed by atoms with Gasteiger partial charge in [-0.05, 0) is 24.3 Å². The van der Waals surface area contributed by atoms with Crippen LogP contribution in [0.15, 0.2) is 54.7 Å². The van der Waals surface area contributed by atoms with Crippen LogP contribution in [0.2, 0.25) is 0 Å². The summed E-state index contributed by atoms with van der Waals surface area (Å²) in [6, 6.07) is 11.6. The minimum atomic E-state index is -4.92. The number of phenolic OH excluding ortho intramolecular Hbond substituents is 1. The monoisotopic (exact) mass is 434 g/mol. The van der Waals surface area contributed by atoms with Gasteiger partial charge in [0.15, 0.2) is 5.69 Å². The van der Waals surface area contributed by atoms with Crippen LogP contribution in [0, 0.1) is 5.82 Å². The third-order valence-corrected chi connectivity index (χ3v) is 5.14. The lowest BCUT2D eigenvalue weighted by molar-refractivity contribution is -0.143. The number of amides is 1. The molecule has 6 nitrogen and oxygen atoms in total. The van der Waals surface area contributed by atoms with Crippen molar-refractivity contribution in [3.8, 4) is 11.4 Å². The molecule has 2 heterocycles. The fourth-order valence-corrected chi connectivity index (χ4v) is 3.64. The molecule has 1 fully saturated rings. The van der Waals surface area contributed by atoms with Gasteiger partial charge in [0.25, 0.3) is 5.91 Å². The number of hydrogen-bond donors (Lipinski definition) is 1. The molecule has 31 heavy (non-hydrogen) atoms. The van der Waals surface area contributed by atoms with Crippen molar-refractivity contribution < 1.29 is 27.5 Å². The molecule has 10 heteroatoms. The molecule has 0 bridgehead atoms. The summed E-state index contributed by atoms with van der Waals surface area (Å²) in [7, 11) is 0. The first-order valence-electron chi connectivity index (χ1n) is 9.49. The molecule has 4 rings (SSSR count). The van der Waals surface area contributed by atoms with Crippen molar-refractivity contribution in [2.24, 2.45) is 0 Å². The lowest BCUT2D eigenvalue weighted by atomic mass is 10.1. The number of phenols is 1. The molecule has 0 spiro atoms. The Hall–Kier alpha value is -3.56. The molecule has 1 N–H and O–H groups in total. The van der Waals surface area contributed by atoms with Crippen LogP contribution in [0.5, 0.6) is 5.75 Å². The number of rotatable bonds is 3. The molecule has 3 aromatic rings. The van der Waals surface area contributed by atoms with Gasteiger partial charge in [-0.1, -0.05) is 24.3 Å². The number of carbonyl (C=O) groups is 1. The topological polar surface area (TPSA) is 61.6 Å². The molecular weight excluding hydrogens is 416 g/mol. The van der Waals surface area contributed by atoms with Crippen molar-refractivity contribution >= 4 is 11.6 Å². The van der Waals surface area contributed by atoms with E-state index in [1.165, 1.54) is 17.0 Å². The molecule has 162 valence electrons. The second-order valence-corrected chi connectivity index (χ2v) is 7.04. The minimum Gasteiger partial charge on any atom is -0.506 e. The van der Waals surface area contributed by atoms with Crippen LogP contribution in [-0.2, 0) is 6.18 Å². The van der Waals surface area contributed by atoms with Crippen molar-refractivity contribution in [3.63, 3.8) is 0 Å². The fourth-order valence-electron chi connectivity index (χ4n) is 3.64. The lowest BCUT2D eigenvalue weighted by Crippen LogP contribution is -2.49. The molecule has 1 aromatic heterocycles. The third-order valence-electron chi connectivity index (χ3n) is 5.14. The van der Waals surface area contributed by atoms with Crippen molar-refractivity contribution in [1.82, 2.24) is 14.7 Å². The van der Waals surface area contributed by atoms with Gasteiger partial charge < -0.3 is 14.9 Å². The van der Waals surface area contributed by atoms with Crippen molar-refractivity contribution in [2.45, 2.75) is 6.18 Å². The minimum absolute atomic E-state index is 0.0906. The zero-order valence-electron chi connectivity index (χ0n) is 16.2. The van der Waals surface area contributed by atoms with Crippen LogP contribution in [0.1, 0.15) is 16.1 Å². The molecule has 1 aliphatic rings. The van der Waals surface area contributed by atoms with Crippen LogP contribution in [-0.4, -0.2) is 51.9 Å². The highest BCUT2D eigenvalue weighted by atomic mass is 19.4. The van der Waals surface area contributed by atoms with E-state index in [9.17, 15) is 27.5 Å². The van der Waals surface area contributed by atoms with E-state index in [0.29, 0.717) is 23.5 Å². The molecule has 0 radical (unpaired) electrons. The number of nitrogens with zero attached hydrogens (tertiary/aromatic N) is 4. The number of alkyl halides is 3. The quantitative estimate of drug-likeness (QED) is 0.639. The average molecular weight is 434 g/mol. The van der Waals surface area contributed by atoms with Crippen LogP contribution < -0.4 is 4.90 Å². The summed E-state index contributed by atoms with van der Waals surface area (Å²) in [6.07, 6.45) is -4.09. The summed E-state index contributed by atoms with van der Waals surface area (Å²) in [4.78, 5) is 16.1. The maximum atomic E-state index is 14.1. The molecule has 0 atom stereocenters. The Kier molecular flexibility index (Phi) is 5.30. The van der Waals surface area contributed by atoms with Gasteiger partial charge in [0.05, 0.1) is 17.4 Å². The zero-order valence-corrected chi connectivity index (χ0v) is 16.2. The Morgan fingerprint density at radius 3 is 2.16 bits per heavy atom.